The van der Waals surface area contributed by atoms with Crippen molar-refractivity contribution in [3.05, 3.63) is 47.0 Å². The molecule has 2 aromatic heterocycles. The summed E-state index contributed by atoms with van der Waals surface area (Å²) in [6, 6.07) is 11.8. The number of aliphatic hydroxyl groups is 2. The highest BCUT2D eigenvalue weighted by atomic mass is 35.5. The first-order valence-corrected chi connectivity index (χ1v) is 10.9. The average Bonchev–Trinajstić information content (AvgIpc) is 3.12. The molecule has 4 heterocycles. The van der Waals surface area contributed by atoms with Crippen LogP contribution in [0.2, 0.25) is 5.02 Å². The van der Waals surface area contributed by atoms with Gasteiger partial charge in [0.05, 0.1) is 41.6 Å². The van der Waals surface area contributed by atoms with Crippen molar-refractivity contribution in [2.24, 2.45) is 0 Å². The zero-order valence-electron chi connectivity index (χ0n) is 16.8. The fraction of sp³-hybridized carbons (Fsp3) is 0.435. The second kappa shape index (κ2) is 7.18. The van der Waals surface area contributed by atoms with Crippen LogP contribution in [0.3, 0.4) is 0 Å². The van der Waals surface area contributed by atoms with E-state index >= 15 is 0 Å². The molecule has 0 amide bonds. The van der Waals surface area contributed by atoms with E-state index in [4.69, 9.17) is 30.8 Å². The average molecular weight is 443 g/mol. The summed E-state index contributed by atoms with van der Waals surface area (Å²) in [4.78, 5) is 7.96. The molecule has 1 aromatic carbocycles. The number of aromatic amines is 1. The van der Waals surface area contributed by atoms with E-state index in [0.717, 1.165) is 35.0 Å². The largest absolute Gasteiger partial charge is 0.470 e. The van der Waals surface area contributed by atoms with Gasteiger partial charge in [0.2, 0.25) is 0 Å². The summed E-state index contributed by atoms with van der Waals surface area (Å²) in [5.74, 6) is 0.559. The van der Waals surface area contributed by atoms with Crippen molar-refractivity contribution < 1.29 is 24.4 Å². The summed E-state index contributed by atoms with van der Waals surface area (Å²) in [5, 5.41) is 20.1. The van der Waals surface area contributed by atoms with E-state index in [1.807, 2.05) is 24.3 Å². The zero-order valence-corrected chi connectivity index (χ0v) is 17.5. The van der Waals surface area contributed by atoms with Gasteiger partial charge >= 0.3 is 0 Å². The molecule has 3 fully saturated rings. The number of halogens is 1. The number of ether oxygens (including phenoxy) is 3. The fourth-order valence-corrected chi connectivity index (χ4v) is 4.91. The third-order valence-electron chi connectivity index (χ3n) is 6.72. The Hall–Kier alpha value is -2.16. The van der Waals surface area contributed by atoms with Gasteiger partial charge in [-0.15, -0.1) is 0 Å². The van der Waals surface area contributed by atoms with Gasteiger partial charge in [0.15, 0.2) is 12.0 Å². The van der Waals surface area contributed by atoms with Crippen LogP contribution in [0.15, 0.2) is 36.4 Å². The lowest BCUT2D eigenvalue weighted by Crippen LogP contribution is -2.34. The van der Waals surface area contributed by atoms with E-state index in [2.05, 4.69) is 17.1 Å². The van der Waals surface area contributed by atoms with Crippen molar-refractivity contribution in [2.45, 2.75) is 42.7 Å². The summed E-state index contributed by atoms with van der Waals surface area (Å²) in [5.41, 5.74) is 4.25. The number of fused-ring (bicyclic) bond motifs is 2. The number of nitrogens with one attached hydrogen (secondary N) is 1. The van der Waals surface area contributed by atoms with Crippen molar-refractivity contribution in [3.63, 3.8) is 0 Å². The summed E-state index contributed by atoms with van der Waals surface area (Å²) < 4.78 is 17.3. The highest BCUT2D eigenvalue weighted by Gasteiger charge is 2.48. The van der Waals surface area contributed by atoms with Gasteiger partial charge in [-0.1, -0.05) is 35.9 Å². The Kier molecular flexibility index (Phi) is 4.52. The molecule has 4 atom stereocenters. The minimum absolute atomic E-state index is 0.0609. The molecule has 7 nitrogen and oxygen atoms in total. The number of hydrogen-bond donors (Lipinski definition) is 3. The second-order valence-electron chi connectivity index (χ2n) is 8.72. The van der Waals surface area contributed by atoms with E-state index in [-0.39, 0.29) is 36.9 Å². The molecule has 0 spiro atoms. The number of aromatic nitrogens is 2. The lowest BCUT2D eigenvalue weighted by atomic mass is 9.95. The van der Waals surface area contributed by atoms with E-state index in [1.54, 1.807) is 0 Å². The number of benzene rings is 1. The van der Waals surface area contributed by atoms with Crippen LogP contribution in [0.5, 0.6) is 5.88 Å². The van der Waals surface area contributed by atoms with Crippen LogP contribution in [-0.2, 0) is 14.9 Å². The lowest BCUT2D eigenvalue weighted by molar-refractivity contribution is 0.00794. The standard InChI is InChI=1S/C23H23ClN2O5/c24-14-7-15-16(8-19(25-15)31-18-10-30-21-17(28)9-29-22(18)21)26-20(14)12-1-3-13(4-2-12)23(11-27)5-6-23/h1-4,7-8,17-18,21-22,25,27-28H,5-6,9-11H2. The molecule has 0 radical (unpaired) electrons. The number of hydrogen-bond acceptors (Lipinski definition) is 6. The monoisotopic (exact) mass is 442 g/mol. The SMILES string of the molecule is OCC1(c2ccc(-c3nc4cc(OC5COC6C(O)COC56)[nH]c4cc3Cl)cc2)CC1. The number of pyridine rings is 1. The van der Waals surface area contributed by atoms with Crippen LogP contribution < -0.4 is 4.74 Å². The number of rotatable bonds is 5. The van der Waals surface area contributed by atoms with Gasteiger partial charge in [0.25, 0.3) is 0 Å². The van der Waals surface area contributed by atoms with Crippen LogP contribution in [0.1, 0.15) is 18.4 Å². The molecule has 2 aliphatic heterocycles. The first kappa shape index (κ1) is 19.5. The smallest absolute Gasteiger partial charge is 0.193 e. The van der Waals surface area contributed by atoms with Crippen LogP contribution >= 0.6 is 11.6 Å². The lowest BCUT2D eigenvalue weighted by Gasteiger charge is -2.16. The second-order valence-corrected chi connectivity index (χ2v) is 9.13. The van der Waals surface area contributed by atoms with Gasteiger partial charge in [0, 0.05) is 17.0 Å². The Bertz CT molecular complexity index is 1130. The van der Waals surface area contributed by atoms with Gasteiger partial charge in [-0.05, 0) is 24.5 Å². The minimum Gasteiger partial charge on any atom is -0.470 e. The molecule has 1 aliphatic carbocycles. The molecule has 4 unspecified atom stereocenters. The summed E-state index contributed by atoms with van der Waals surface area (Å²) in [7, 11) is 0. The highest BCUT2D eigenvalue weighted by Crippen LogP contribution is 2.48. The molecule has 1 saturated carbocycles. The van der Waals surface area contributed by atoms with E-state index in [9.17, 15) is 10.2 Å². The molecule has 6 rings (SSSR count). The van der Waals surface area contributed by atoms with Crippen LogP contribution in [0.4, 0.5) is 0 Å². The molecule has 162 valence electrons. The van der Waals surface area contributed by atoms with Gasteiger partial charge in [-0.25, -0.2) is 4.98 Å². The van der Waals surface area contributed by atoms with Crippen molar-refractivity contribution in [1.29, 1.82) is 0 Å². The molecular weight excluding hydrogens is 420 g/mol. The first-order valence-electron chi connectivity index (χ1n) is 10.6. The van der Waals surface area contributed by atoms with Crippen LogP contribution in [-0.4, -0.2) is 64.4 Å². The number of H-pyrrole nitrogens is 1. The highest BCUT2D eigenvalue weighted by molar-refractivity contribution is 6.33. The Balaban J connectivity index is 1.26. The molecule has 0 bridgehead atoms. The summed E-state index contributed by atoms with van der Waals surface area (Å²) in [6.45, 7) is 0.810. The molecule has 3 N–H and O–H groups in total. The van der Waals surface area contributed by atoms with Gasteiger partial charge in [0.1, 0.15) is 18.3 Å². The maximum atomic E-state index is 9.90. The summed E-state index contributed by atoms with van der Waals surface area (Å²) in [6.07, 6.45) is 0.537. The van der Waals surface area contributed by atoms with Gasteiger partial charge in [-0.3, -0.25) is 0 Å². The van der Waals surface area contributed by atoms with Crippen molar-refractivity contribution in [3.8, 4) is 17.1 Å². The predicted octanol–water partition coefficient (Wildman–Crippen LogP) is 2.81. The predicted molar refractivity (Wildman–Crippen MR) is 114 cm³/mol. The maximum absolute atomic E-state index is 9.90. The fourth-order valence-electron chi connectivity index (χ4n) is 4.65. The Morgan fingerprint density at radius 2 is 1.90 bits per heavy atom. The third-order valence-corrected chi connectivity index (χ3v) is 7.01. The van der Waals surface area contributed by atoms with Crippen molar-refractivity contribution in [1.82, 2.24) is 9.97 Å². The van der Waals surface area contributed by atoms with Crippen LogP contribution in [0, 0.1) is 0 Å². The molecule has 2 saturated heterocycles. The zero-order chi connectivity index (χ0) is 21.2. The number of nitrogens with zero attached hydrogens (tertiary/aromatic N) is 1. The van der Waals surface area contributed by atoms with Crippen molar-refractivity contribution >= 4 is 22.6 Å². The molecule has 3 aliphatic rings. The van der Waals surface area contributed by atoms with Gasteiger partial charge < -0.3 is 29.4 Å². The Labute approximate surface area is 183 Å². The minimum atomic E-state index is -0.608. The molecular formula is C23H23ClN2O5. The van der Waals surface area contributed by atoms with E-state index in [0.29, 0.717) is 23.2 Å². The molecule has 31 heavy (non-hydrogen) atoms. The maximum Gasteiger partial charge on any atom is 0.193 e. The summed E-state index contributed by atoms with van der Waals surface area (Å²) >= 11 is 6.54. The quantitative estimate of drug-likeness (QED) is 0.562. The molecule has 8 heteroatoms. The third kappa shape index (κ3) is 3.23. The van der Waals surface area contributed by atoms with Gasteiger partial charge in [-0.2, -0.15) is 0 Å². The topological polar surface area (TPSA) is 96.8 Å². The van der Waals surface area contributed by atoms with Crippen LogP contribution in [0.25, 0.3) is 22.3 Å². The Morgan fingerprint density at radius 1 is 1.13 bits per heavy atom. The number of aliphatic hydroxyl groups excluding tert-OH is 2. The Morgan fingerprint density at radius 3 is 2.65 bits per heavy atom. The van der Waals surface area contributed by atoms with Crippen molar-refractivity contribution in [2.75, 3.05) is 19.8 Å². The molecule has 3 aromatic rings. The van der Waals surface area contributed by atoms with E-state index < -0.39 is 6.10 Å². The first-order chi connectivity index (χ1) is 15.1. The normalized spacial score (nSPS) is 28.7. The van der Waals surface area contributed by atoms with E-state index in [1.165, 1.54) is 0 Å².